The van der Waals surface area contributed by atoms with Crippen LogP contribution in [0.25, 0.3) is 0 Å². The highest BCUT2D eigenvalue weighted by atomic mass is 16.5. The zero-order valence-corrected chi connectivity index (χ0v) is 18.5. The fourth-order valence-electron chi connectivity index (χ4n) is 3.32. The van der Waals surface area contributed by atoms with Crippen molar-refractivity contribution < 1.29 is 19.1 Å². The Labute approximate surface area is 189 Å². The number of carbonyl (C=O) groups excluding carboxylic acids is 2. The normalized spacial score (nSPS) is 11.4. The van der Waals surface area contributed by atoms with Crippen LogP contribution >= 0.6 is 0 Å². The molecule has 166 valence electrons. The molecule has 0 aliphatic rings. The second-order valence-corrected chi connectivity index (χ2v) is 7.50. The molecule has 0 aliphatic heterocycles. The minimum Gasteiger partial charge on any atom is -0.466 e. The number of rotatable bonds is 10. The van der Waals surface area contributed by atoms with Gasteiger partial charge < -0.3 is 14.8 Å². The van der Waals surface area contributed by atoms with Gasteiger partial charge in [-0.3, -0.25) is 9.59 Å². The van der Waals surface area contributed by atoms with E-state index in [4.69, 9.17) is 9.47 Å². The molecule has 0 aliphatic carbocycles. The molecule has 1 N–H and O–H groups in total. The van der Waals surface area contributed by atoms with Crippen LogP contribution in [-0.4, -0.2) is 18.5 Å². The second-order valence-electron chi connectivity index (χ2n) is 7.50. The quantitative estimate of drug-likeness (QED) is 0.428. The van der Waals surface area contributed by atoms with E-state index in [1.54, 1.807) is 12.1 Å². The maximum atomic E-state index is 12.5. The largest absolute Gasteiger partial charge is 0.466 e. The van der Waals surface area contributed by atoms with Gasteiger partial charge in [0.1, 0.15) is 11.5 Å². The van der Waals surface area contributed by atoms with E-state index in [2.05, 4.69) is 5.32 Å². The van der Waals surface area contributed by atoms with Crippen LogP contribution in [0.15, 0.2) is 78.9 Å². The molecule has 32 heavy (non-hydrogen) atoms. The summed E-state index contributed by atoms with van der Waals surface area (Å²) in [5, 5.41) is 2.94. The lowest BCUT2D eigenvalue weighted by Crippen LogP contribution is -2.23. The number of hydrogen-bond acceptors (Lipinski definition) is 4. The minimum absolute atomic E-state index is 0.140. The molecule has 3 aromatic rings. The van der Waals surface area contributed by atoms with Gasteiger partial charge in [0.15, 0.2) is 0 Å². The lowest BCUT2D eigenvalue weighted by molar-refractivity contribution is -0.148. The van der Waals surface area contributed by atoms with Crippen molar-refractivity contribution in [1.29, 1.82) is 0 Å². The topological polar surface area (TPSA) is 64.6 Å². The maximum Gasteiger partial charge on any atom is 0.309 e. The predicted octanol–water partition coefficient (Wildman–Crippen LogP) is 5.54. The van der Waals surface area contributed by atoms with Gasteiger partial charge in [-0.25, -0.2) is 0 Å². The third-order valence-corrected chi connectivity index (χ3v) is 5.17. The highest BCUT2D eigenvalue weighted by Crippen LogP contribution is 2.21. The minimum atomic E-state index is -0.169. The SMILES string of the molecule is CCOC(=O)C(CC)Cc1ccc(C(=O)NCc2ccc(Oc3ccccc3)cc2)cc1. The van der Waals surface area contributed by atoms with Crippen molar-refractivity contribution >= 4 is 11.9 Å². The molecule has 3 rings (SSSR count). The molecule has 3 aromatic carbocycles. The maximum absolute atomic E-state index is 12.5. The molecule has 0 aromatic heterocycles. The van der Waals surface area contributed by atoms with Crippen molar-refractivity contribution in [3.05, 3.63) is 95.6 Å². The summed E-state index contributed by atoms with van der Waals surface area (Å²) < 4.78 is 10.9. The van der Waals surface area contributed by atoms with Crippen molar-refractivity contribution in [2.75, 3.05) is 6.61 Å². The van der Waals surface area contributed by atoms with Crippen LogP contribution < -0.4 is 10.1 Å². The molecule has 1 atom stereocenters. The average molecular weight is 432 g/mol. The summed E-state index contributed by atoms with van der Waals surface area (Å²) in [6.07, 6.45) is 1.32. The Morgan fingerprint density at radius 1 is 0.812 bits per heavy atom. The van der Waals surface area contributed by atoms with Gasteiger partial charge in [-0.1, -0.05) is 49.4 Å². The summed E-state index contributed by atoms with van der Waals surface area (Å²) >= 11 is 0. The van der Waals surface area contributed by atoms with Crippen LogP contribution in [0.2, 0.25) is 0 Å². The Balaban J connectivity index is 1.51. The van der Waals surface area contributed by atoms with Gasteiger partial charge in [0.2, 0.25) is 0 Å². The molecule has 1 amide bonds. The van der Waals surface area contributed by atoms with Crippen molar-refractivity contribution in [2.45, 2.75) is 33.2 Å². The van der Waals surface area contributed by atoms with Gasteiger partial charge in [-0.05, 0) is 67.3 Å². The van der Waals surface area contributed by atoms with Crippen LogP contribution in [-0.2, 0) is 22.5 Å². The first kappa shape index (κ1) is 23.1. The Morgan fingerprint density at radius 2 is 1.44 bits per heavy atom. The molecule has 0 fully saturated rings. The standard InChI is InChI=1S/C27H29NO4/c1-3-22(27(30)31-4-2)18-20-10-14-23(15-11-20)26(29)28-19-21-12-16-25(17-13-21)32-24-8-6-5-7-9-24/h5-17,22H,3-4,18-19H2,1-2H3,(H,28,29). The van der Waals surface area contributed by atoms with Gasteiger partial charge in [-0.15, -0.1) is 0 Å². The van der Waals surface area contributed by atoms with E-state index in [1.165, 1.54) is 0 Å². The zero-order chi connectivity index (χ0) is 22.8. The number of para-hydroxylation sites is 1. The molecule has 0 saturated carbocycles. The van der Waals surface area contributed by atoms with Crippen molar-refractivity contribution in [3.8, 4) is 11.5 Å². The third kappa shape index (κ3) is 6.71. The van der Waals surface area contributed by atoms with Crippen molar-refractivity contribution in [3.63, 3.8) is 0 Å². The molecule has 0 heterocycles. The second kappa shape index (κ2) is 11.7. The van der Waals surface area contributed by atoms with Gasteiger partial charge >= 0.3 is 5.97 Å². The van der Waals surface area contributed by atoms with Crippen LogP contribution in [0.4, 0.5) is 0 Å². The zero-order valence-electron chi connectivity index (χ0n) is 18.5. The molecule has 0 saturated heterocycles. The molecule has 0 radical (unpaired) electrons. The molecular formula is C27H29NO4. The summed E-state index contributed by atoms with van der Waals surface area (Å²) in [7, 11) is 0. The monoisotopic (exact) mass is 431 g/mol. The van der Waals surface area contributed by atoms with Gasteiger partial charge in [0, 0.05) is 12.1 Å². The van der Waals surface area contributed by atoms with Crippen LogP contribution in [0.1, 0.15) is 41.8 Å². The first-order valence-electron chi connectivity index (χ1n) is 10.9. The van der Waals surface area contributed by atoms with E-state index in [1.807, 2.05) is 80.6 Å². The molecule has 0 spiro atoms. The third-order valence-electron chi connectivity index (χ3n) is 5.17. The van der Waals surface area contributed by atoms with Gasteiger partial charge in [0.25, 0.3) is 5.91 Å². The average Bonchev–Trinajstić information content (AvgIpc) is 2.83. The van der Waals surface area contributed by atoms with Crippen molar-refractivity contribution in [1.82, 2.24) is 5.32 Å². The highest BCUT2D eigenvalue weighted by Gasteiger charge is 2.18. The Hall–Kier alpha value is -3.60. The molecule has 0 bridgehead atoms. The van der Waals surface area contributed by atoms with E-state index in [-0.39, 0.29) is 17.8 Å². The van der Waals surface area contributed by atoms with Crippen LogP contribution in [0, 0.1) is 5.92 Å². The van der Waals surface area contributed by atoms with Gasteiger partial charge in [0.05, 0.1) is 12.5 Å². The Kier molecular flexibility index (Phi) is 8.44. The highest BCUT2D eigenvalue weighted by molar-refractivity contribution is 5.94. The fraction of sp³-hybridized carbons (Fsp3) is 0.259. The number of esters is 1. The van der Waals surface area contributed by atoms with E-state index >= 15 is 0 Å². The predicted molar refractivity (Wildman–Crippen MR) is 125 cm³/mol. The summed E-state index contributed by atoms with van der Waals surface area (Å²) in [6, 6.07) is 24.6. The molecular weight excluding hydrogens is 402 g/mol. The summed E-state index contributed by atoms with van der Waals surface area (Å²) in [5.41, 5.74) is 2.58. The number of carbonyl (C=O) groups is 2. The summed E-state index contributed by atoms with van der Waals surface area (Å²) in [6.45, 7) is 4.60. The van der Waals surface area contributed by atoms with E-state index < -0.39 is 0 Å². The van der Waals surface area contributed by atoms with E-state index in [0.29, 0.717) is 25.1 Å². The lowest BCUT2D eigenvalue weighted by Gasteiger charge is -2.13. The van der Waals surface area contributed by atoms with Crippen molar-refractivity contribution in [2.24, 2.45) is 5.92 Å². The first-order chi connectivity index (χ1) is 15.6. The van der Waals surface area contributed by atoms with Crippen LogP contribution in [0.5, 0.6) is 11.5 Å². The number of amides is 1. The van der Waals surface area contributed by atoms with E-state index in [9.17, 15) is 9.59 Å². The van der Waals surface area contributed by atoms with Crippen LogP contribution in [0.3, 0.4) is 0 Å². The molecule has 1 unspecified atom stereocenters. The Morgan fingerprint density at radius 3 is 2.06 bits per heavy atom. The fourth-order valence-corrected chi connectivity index (χ4v) is 3.32. The number of benzene rings is 3. The van der Waals surface area contributed by atoms with Gasteiger partial charge in [-0.2, -0.15) is 0 Å². The lowest BCUT2D eigenvalue weighted by atomic mass is 9.96. The smallest absolute Gasteiger partial charge is 0.309 e. The summed E-state index contributed by atoms with van der Waals surface area (Å²) in [4.78, 5) is 24.5. The number of nitrogens with one attached hydrogen (secondary N) is 1. The Bertz CT molecular complexity index is 998. The number of hydrogen-bond donors (Lipinski definition) is 1. The number of ether oxygens (including phenoxy) is 2. The summed E-state index contributed by atoms with van der Waals surface area (Å²) in [5.74, 6) is 1.05. The molecule has 5 heteroatoms. The molecule has 5 nitrogen and oxygen atoms in total. The first-order valence-corrected chi connectivity index (χ1v) is 10.9. The van der Waals surface area contributed by atoms with E-state index in [0.717, 1.165) is 29.0 Å².